The first-order chi connectivity index (χ1) is 16.6. The molecule has 0 saturated heterocycles. The van der Waals surface area contributed by atoms with E-state index in [1.54, 1.807) is 25.3 Å². The molecular formula is C33H61NO. The molecule has 8 unspecified atom stereocenters. The predicted octanol–water partition coefficient (Wildman–Crippen LogP) is 9.09. The zero-order valence-corrected chi connectivity index (χ0v) is 24.9. The third-order valence-corrected chi connectivity index (χ3v) is 11.3. The lowest BCUT2D eigenvalue weighted by atomic mass is 9.44. The average Bonchev–Trinajstić information content (AvgIpc) is 3.16. The Balaban J connectivity index is 0.000000655. The van der Waals surface area contributed by atoms with E-state index in [-0.39, 0.29) is 0 Å². The Labute approximate surface area is 219 Å². The van der Waals surface area contributed by atoms with Crippen molar-refractivity contribution in [3.63, 3.8) is 0 Å². The van der Waals surface area contributed by atoms with Gasteiger partial charge in [-0.1, -0.05) is 60.0 Å². The van der Waals surface area contributed by atoms with Crippen LogP contribution in [0.25, 0.3) is 0 Å². The van der Waals surface area contributed by atoms with E-state index in [1.807, 2.05) is 6.92 Å². The summed E-state index contributed by atoms with van der Waals surface area (Å²) in [5, 5.41) is 3.61. The summed E-state index contributed by atoms with van der Waals surface area (Å²) < 4.78 is 0. The highest BCUT2D eigenvalue weighted by atomic mass is 16.1. The Hall–Kier alpha value is -0.630. The fourth-order valence-electron chi connectivity index (χ4n) is 9.54. The van der Waals surface area contributed by atoms with Crippen LogP contribution in [0.5, 0.6) is 0 Å². The van der Waals surface area contributed by atoms with E-state index in [4.69, 9.17) is 4.79 Å². The summed E-state index contributed by atoms with van der Waals surface area (Å²) >= 11 is 0. The lowest BCUT2D eigenvalue weighted by Crippen LogP contribution is -2.55. The summed E-state index contributed by atoms with van der Waals surface area (Å²) in [6.45, 7) is 19.6. The van der Waals surface area contributed by atoms with Crippen molar-refractivity contribution in [3.8, 4) is 0 Å². The maximum atomic E-state index is 8.81. The molecule has 0 aliphatic heterocycles. The second-order valence-electron chi connectivity index (χ2n) is 13.6. The first kappa shape index (κ1) is 30.6. The molecule has 4 rings (SSSR count). The van der Waals surface area contributed by atoms with Crippen LogP contribution in [0.15, 0.2) is 12.7 Å². The largest absolute Gasteiger partial charge is 0.317 e. The Morgan fingerprint density at radius 3 is 2.11 bits per heavy atom. The number of fused-ring (bicyclic) bond motifs is 5. The Morgan fingerprint density at radius 1 is 0.914 bits per heavy atom. The van der Waals surface area contributed by atoms with Gasteiger partial charge in [0.05, 0.1) is 0 Å². The van der Waals surface area contributed by atoms with E-state index in [9.17, 15) is 0 Å². The molecular weight excluding hydrogens is 426 g/mol. The van der Waals surface area contributed by atoms with Crippen molar-refractivity contribution in [3.05, 3.63) is 12.7 Å². The highest BCUT2D eigenvalue weighted by Gasteiger charge is 2.60. The minimum Gasteiger partial charge on any atom is -0.317 e. The molecule has 0 aromatic carbocycles. The average molecular weight is 488 g/mol. The molecule has 0 aromatic rings. The van der Waals surface area contributed by atoms with Gasteiger partial charge in [-0.25, -0.2) is 0 Å². The normalized spacial score (nSPS) is 40.6. The fraction of sp³-hybridized carbons (Fsp3) is 0.909. The van der Waals surface area contributed by atoms with Crippen LogP contribution in [-0.4, -0.2) is 19.4 Å². The Morgan fingerprint density at radius 2 is 1.51 bits per heavy atom. The van der Waals surface area contributed by atoms with Crippen LogP contribution >= 0.6 is 0 Å². The van der Waals surface area contributed by atoms with Crippen LogP contribution in [0.2, 0.25) is 0 Å². The molecule has 35 heavy (non-hydrogen) atoms. The molecule has 2 nitrogen and oxygen atoms in total. The summed E-state index contributed by atoms with van der Waals surface area (Å²) in [5.74, 6) is 6.94. The van der Waals surface area contributed by atoms with Crippen molar-refractivity contribution in [2.75, 3.05) is 7.05 Å². The second-order valence-corrected chi connectivity index (χ2v) is 13.6. The summed E-state index contributed by atoms with van der Waals surface area (Å²) in [6.07, 6.45) is 20.5. The van der Waals surface area contributed by atoms with E-state index < -0.39 is 0 Å². The number of carbonyl (C=O) groups is 1. The van der Waals surface area contributed by atoms with Crippen LogP contribution in [0.4, 0.5) is 0 Å². The molecule has 1 N–H and O–H groups in total. The van der Waals surface area contributed by atoms with Crippen LogP contribution < -0.4 is 5.32 Å². The minimum absolute atomic E-state index is 0.651. The Kier molecular flexibility index (Phi) is 12.0. The number of aldehydes is 1. The fourth-order valence-corrected chi connectivity index (χ4v) is 9.54. The van der Waals surface area contributed by atoms with E-state index >= 15 is 0 Å². The van der Waals surface area contributed by atoms with Crippen molar-refractivity contribution in [2.24, 2.45) is 52.3 Å². The van der Waals surface area contributed by atoms with Gasteiger partial charge in [-0.15, -0.1) is 6.58 Å². The summed E-state index contributed by atoms with van der Waals surface area (Å²) in [7, 11) is 2.19. The van der Waals surface area contributed by atoms with E-state index in [0.29, 0.717) is 10.8 Å². The first-order valence-corrected chi connectivity index (χ1v) is 15.3. The molecule has 4 fully saturated rings. The molecule has 0 amide bonds. The van der Waals surface area contributed by atoms with Crippen LogP contribution in [0, 0.1) is 52.3 Å². The number of hydrogen-bond acceptors (Lipinski definition) is 2. The Bertz CT molecular complexity index is 637. The molecule has 0 aromatic heterocycles. The van der Waals surface area contributed by atoms with E-state index in [2.05, 4.69) is 53.6 Å². The molecule has 0 bridgehead atoms. The number of hydrogen-bond donors (Lipinski definition) is 1. The van der Waals surface area contributed by atoms with Crippen LogP contribution in [-0.2, 0) is 4.79 Å². The smallest absolute Gasteiger partial charge is 0.116 e. The predicted molar refractivity (Wildman–Crippen MR) is 154 cm³/mol. The van der Waals surface area contributed by atoms with Gasteiger partial charge in [0.2, 0.25) is 0 Å². The van der Waals surface area contributed by atoms with Gasteiger partial charge in [0.1, 0.15) is 6.29 Å². The zero-order valence-electron chi connectivity index (χ0n) is 24.9. The molecule has 0 heterocycles. The van der Waals surface area contributed by atoms with Gasteiger partial charge in [-0.2, -0.15) is 0 Å². The molecule has 204 valence electrons. The molecule has 2 heteroatoms. The maximum Gasteiger partial charge on any atom is 0.116 e. The highest BCUT2D eigenvalue weighted by molar-refractivity contribution is 5.44. The molecule has 4 saturated carbocycles. The number of allylic oxidation sites excluding steroid dienone is 1. The van der Waals surface area contributed by atoms with Gasteiger partial charge in [0.15, 0.2) is 0 Å². The van der Waals surface area contributed by atoms with Gasteiger partial charge in [-0.05, 0) is 131 Å². The van der Waals surface area contributed by atoms with Crippen molar-refractivity contribution >= 4 is 6.29 Å². The molecule has 0 radical (unpaired) electrons. The summed E-state index contributed by atoms with van der Waals surface area (Å²) in [5.41, 5.74) is 1.31. The number of nitrogens with one attached hydrogen (secondary N) is 1. The highest BCUT2D eigenvalue weighted by Crippen LogP contribution is 2.68. The second kappa shape index (κ2) is 13.8. The first-order valence-electron chi connectivity index (χ1n) is 15.3. The van der Waals surface area contributed by atoms with Crippen LogP contribution in [0.1, 0.15) is 126 Å². The zero-order chi connectivity index (χ0) is 26.2. The molecule has 0 spiro atoms. The van der Waals surface area contributed by atoms with Gasteiger partial charge in [-0.3, -0.25) is 0 Å². The summed E-state index contributed by atoms with van der Waals surface area (Å²) in [4.78, 5) is 8.81. The van der Waals surface area contributed by atoms with Gasteiger partial charge >= 0.3 is 0 Å². The van der Waals surface area contributed by atoms with Crippen molar-refractivity contribution in [1.82, 2.24) is 5.32 Å². The monoisotopic (exact) mass is 487 g/mol. The molecule has 4 aliphatic carbocycles. The SMILES string of the molecule is C=CC.CC=O.CNC1CCC2(C)C(CCC3C2CCC2(C)C3CCC2[C@H](C)CCCC(C)C)C1. The molecule has 9 atom stereocenters. The maximum absolute atomic E-state index is 8.81. The van der Waals surface area contributed by atoms with Gasteiger partial charge < -0.3 is 10.1 Å². The van der Waals surface area contributed by atoms with Crippen molar-refractivity contribution in [1.29, 1.82) is 0 Å². The van der Waals surface area contributed by atoms with Crippen LogP contribution in [0.3, 0.4) is 0 Å². The van der Waals surface area contributed by atoms with Crippen molar-refractivity contribution < 1.29 is 4.79 Å². The summed E-state index contributed by atoms with van der Waals surface area (Å²) in [6, 6.07) is 0.793. The number of carbonyl (C=O) groups excluding carboxylic acids is 1. The standard InChI is InChI=1S/C28H51N.C3H6.C2H4O/c1-19(2)8-7-9-20(3)24-12-13-25-23-11-10-21-18-22(29-6)14-16-27(21,4)26(23)15-17-28(24,25)5;1-3-2;1-2-3/h19-26,29H,7-18H2,1-6H3;3H,1H2,2H3;2H,1H3/t20-,21?,22?,23?,24?,25?,26?,27?,28?;;/m1../s1. The minimum atomic E-state index is 0.651. The van der Waals surface area contributed by atoms with Gasteiger partial charge in [0.25, 0.3) is 0 Å². The molecule has 4 aliphatic rings. The topological polar surface area (TPSA) is 29.1 Å². The lowest BCUT2D eigenvalue weighted by Gasteiger charge is -2.61. The van der Waals surface area contributed by atoms with E-state index in [1.165, 1.54) is 64.7 Å². The number of rotatable bonds is 6. The lowest BCUT2D eigenvalue weighted by molar-refractivity contribution is -0.117. The third-order valence-electron chi connectivity index (χ3n) is 11.3. The van der Waals surface area contributed by atoms with Crippen molar-refractivity contribution in [2.45, 2.75) is 132 Å². The van der Waals surface area contributed by atoms with Gasteiger partial charge in [0, 0.05) is 6.04 Å². The van der Waals surface area contributed by atoms with E-state index in [0.717, 1.165) is 53.8 Å². The quantitative estimate of drug-likeness (QED) is 0.299. The third kappa shape index (κ3) is 6.82.